The molecule has 0 bridgehead atoms. The smallest absolute Gasteiger partial charge is 0.412 e. The molecule has 1 aliphatic rings. The van der Waals surface area contributed by atoms with Crippen molar-refractivity contribution in [2.45, 2.75) is 124 Å². The van der Waals surface area contributed by atoms with E-state index in [0.29, 0.717) is 32.2 Å². The highest BCUT2D eigenvalue weighted by atomic mass is 16.6. The van der Waals surface area contributed by atoms with Crippen molar-refractivity contribution in [1.29, 1.82) is 0 Å². The summed E-state index contributed by atoms with van der Waals surface area (Å²) in [6.45, 7) is 18.4. The number of nitrogens with zero attached hydrogens (tertiary/aromatic N) is 1. The number of hydrogen-bond donors (Lipinski definition) is 2. The van der Waals surface area contributed by atoms with Gasteiger partial charge in [-0.1, -0.05) is 34.1 Å². The van der Waals surface area contributed by atoms with Gasteiger partial charge in [0.1, 0.15) is 11.3 Å². The topological polar surface area (TPSA) is 88.1 Å². The van der Waals surface area contributed by atoms with Crippen molar-refractivity contribution in [2.24, 2.45) is 11.3 Å². The SMILES string of the molecule is CCCCNC(=O)[C@H](CC)C[C@@H]1OC(C)(C)N(C(=O)OC(C)(C)C)[C@H]1CC(C)(C)CCO. The fourth-order valence-electron chi connectivity index (χ4n) is 4.41. The summed E-state index contributed by atoms with van der Waals surface area (Å²) in [7, 11) is 0. The molecule has 7 nitrogen and oxygen atoms in total. The molecule has 1 aliphatic heterocycles. The second-order valence-electron chi connectivity index (χ2n) is 11.3. The zero-order valence-electron chi connectivity index (χ0n) is 21.9. The van der Waals surface area contributed by atoms with E-state index < -0.39 is 17.4 Å². The zero-order valence-corrected chi connectivity index (χ0v) is 21.9. The Hall–Kier alpha value is -1.34. The van der Waals surface area contributed by atoms with Gasteiger partial charge in [0.25, 0.3) is 0 Å². The lowest BCUT2D eigenvalue weighted by atomic mass is 9.79. The van der Waals surface area contributed by atoms with E-state index >= 15 is 0 Å². The summed E-state index contributed by atoms with van der Waals surface area (Å²) >= 11 is 0. The molecule has 32 heavy (non-hydrogen) atoms. The van der Waals surface area contributed by atoms with E-state index in [4.69, 9.17) is 9.47 Å². The molecule has 0 aliphatic carbocycles. The minimum absolute atomic E-state index is 0.0476. The van der Waals surface area contributed by atoms with Crippen molar-refractivity contribution in [1.82, 2.24) is 10.2 Å². The van der Waals surface area contributed by atoms with Crippen LogP contribution >= 0.6 is 0 Å². The van der Waals surface area contributed by atoms with Crippen molar-refractivity contribution in [2.75, 3.05) is 13.2 Å². The number of rotatable bonds is 11. The molecule has 188 valence electrons. The number of aliphatic hydroxyl groups excluding tert-OH is 1. The van der Waals surface area contributed by atoms with Crippen LogP contribution in [0.5, 0.6) is 0 Å². The summed E-state index contributed by atoms with van der Waals surface area (Å²) in [5.74, 6) is -0.138. The molecule has 2 amide bonds. The van der Waals surface area contributed by atoms with Gasteiger partial charge >= 0.3 is 6.09 Å². The van der Waals surface area contributed by atoms with E-state index in [1.165, 1.54) is 0 Å². The van der Waals surface area contributed by atoms with Gasteiger partial charge in [0.05, 0.1) is 12.1 Å². The molecule has 0 aromatic heterocycles. The maximum atomic E-state index is 13.2. The minimum Gasteiger partial charge on any atom is -0.444 e. The van der Waals surface area contributed by atoms with Gasteiger partial charge in [-0.15, -0.1) is 0 Å². The number of nitrogens with one attached hydrogen (secondary N) is 1. The molecule has 0 aromatic carbocycles. The van der Waals surface area contributed by atoms with Crippen molar-refractivity contribution >= 4 is 12.0 Å². The van der Waals surface area contributed by atoms with Gasteiger partial charge < -0.3 is 19.9 Å². The fourth-order valence-corrected chi connectivity index (χ4v) is 4.41. The van der Waals surface area contributed by atoms with E-state index in [1.807, 2.05) is 41.5 Å². The highest BCUT2D eigenvalue weighted by molar-refractivity contribution is 5.78. The van der Waals surface area contributed by atoms with Gasteiger partial charge in [-0.05, 0) is 72.1 Å². The molecule has 0 spiro atoms. The molecule has 0 radical (unpaired) electrons. The molecule has 0 aromatic rings. The molecule has 1 fully saturated rings. The molecule has 1 saturated heterocycles. The third kappa shape index (κ3) is 8.54. The van der Waals surface area contributed by atoms with Crippen molar-refractivity contribution < 1.29 is 24.2 Å². The monoisotopic (exact) mass is 456 g/mol. The second-order valence-corrected chi connectivity index (χ2v) is 11.3. The number of unbranched alkanes of at least 4 members (excludes halogenated alkanes) is 1. The molecular formula is C25H48N2O5. The van der Waals surface area contributed by atoms with Gasteiger partial charge in [-0.25, -0.2) is 4.79 Å². The van der Waals surface area contributed by atoms with Crippen LogP contribution in [0.1, 0.15) is 101 Å². The average molecular weight is 457 g/mol. The van der Waals surface area contributed by atoms with Gasteiger partial charge in [0, 0.05) is 19.1 Å². The molecule has 1 heterocycles. The molecular weight excluding hydrogens is 408 g/mol. The Bertz CT molecular complexity index is 612. The maximum Gasteiger partial charge on any atom is 0.412 e. The van der Waals surface area contributed by atoms with Gasteiger partial charge in [-0.2, -0.15) is 0 Å². The molecule has 2 N–H and O–H groups in total. The third-order valence-electron chi connectivity index (χ3n) is 6.13. The fraction of sp³-hybridized carbons (Fsp3) is 0.920. The number of carbonyl (C=O) groups excluding carboxylic acids is 2. The van der Waals surface area contributed by atoms with Crippen LogP contribution in [0.3, 0.4) is 0 Å². The zero-order chi connectivity index (χ0) is 24.7. The summed E-state index contributed by atoms with van der Waals surface area (Å²) in [4.78, 5) is 27.7. The molecule has 0 unspecified atom stereocenters. The molecule has 1 rings (SSSR count). The Morgan fingerprint density at radius 3 is 2.31 bits per heavy atom. The highest BCUT2D eigenvalue weighted by Gasteiger charge is 2.52. The quantitative estimate of drug-likeness (QED) is 0.434. The molecule has 3 atom stereocenters. The van der Waals surface area contributed by atoms with E-state index in [2.05, 4.69) is 26.1 Å². The van der Waals surface area contributed by atoms with Crippen LogP contribution in [0.25, 0.3) is 0 Å². The van der Waals surface area contributed by atoms with Crippen LogP contribution in [0, 0.1) is 11.3 Å². The first-order valence-corrected chi connectivity index (χ1v) is 12.3. The normalized spacial score (nSPS) is 22.0. The van der Waals surface area contributed by atoms with Crippen LogP contribution in [0.4, 0.5) is 4.79 Å². The highest BCUT2D eigenvalue weighted by Crippen LogP contribution is 2.42. The summed E-state index contributed by atoms with van der Waals surface area (Å²) in [5.41, 5.74) is -1.68. The van der Waals surface area contributed by atoms with Crippen molar-refractivity contribution in [3.05, 3.63) is 0 Å². The number of aliphatic hydroxyl groups is 1. The first kappa shape index (κ1) is 28.7. The Labute approximate surface area is 195 Å². The lowest BCUT2D eigenvalue weighted by Gasteiger charge is -2.38. The summed E-state index contributed by atoms with van der Waals surface area (Å²) in [5, 5.41) is 12.6. The van der Waals surface area contributed by atoms with Crippen molar-refractivity contribution in [3.8, 4) is 0 Å². The minimum atomic E-state index is -0.857. The van der Waals surface area contributed by atoms with E-state index in [-0.39, 0.29) is 36.0 Å². The number of carbonyl (C=O) groups is 2. The van der Waals surface area contributed by atoms with Crippen LogP contribution in [-0.2, 0) is 14.3 Å². The first-order chi connectivity index (χ1) is 14.7. The van der Waals surface area contributed by atoms with E-state index in [0.717, 1.165) is 12.8 Å². The van der Waals surface area contributed by atoms with Crippen LogP contribution in [0.15, 0.2) is 0 Å². The maximum absolute atomic E-state index is 13.2. The standard InChI is InChI=1S/C25H48N2O5/c1-10-12-14-26-21(29)18(11-2)16-20-19(17-24(6,7)13-15-28)27(25(8,9)31-20)22(30)32-23(3,4)5/h18-20,28H,10-17H2,1-9H3,(H,26,29)/t18-,19+,20+/m1/s1. The second kappa shape index (κ2) is 11.7. The van der Waals surface area contributed by atoms with Crippen LogP contribution < -0.4 is 5.32 Å². The predicted octanol–water partition coefficient (Wildman–Crippen LogP) is 4.86. The summed E-state index contributed by atoms with van der Waals surface area (Å²) in [6, 6.07) is -0.251. The summed E-state index contributed by atoms with van der Waals surface area (Å²) < 4.78 is 12.2. The Morgan fingerprint density at radius 2 is 1.81 bits per heavy atom. The predicted molar refractivity (Wildman–Crippen MR) is 127 cm³/mol. The Morgan fingerprint density at radius 1 is 1.19 bits per heavy atom. The van der Waals surface area contributed by atoms with Crippen LogP contribution in [0.2, 0.25) is 0 Å². The van der Waals surface area contributed by atoms with E-state index in [1.54, 1.807) is 4.90 Å². The van der Waals surface area contributed by atoms with Gasteiger partial charge in [-0.3, -0.25) is 9.69 Å². The lowest BCUT2D eigenvalue weighted by molar-refractivity contribution is -0.127. The third-order valence-corrected chi connectivity index (χ3v) is 6.13. The van der Waals surface area contributed by atoms with Gasteiger partial charge in [0.15, 0.2) is 0 Å². The lowest BCUT2D eigenvalue weighted by Crippen LogP contribution is -2.51. The largest absolute Gasteiger partial charge is 0.444 e. The number of amides is 2. The molecule has 7 heteroatoms. The Balaban J connectivity index is 3.18. The van der Waals surface area contributed by atoms with E-state index in [9.17, 15) is 14.7 Å². The number of hydrogen-bond acceptors (Lipinski definition) is 5. The summed E-state index contributed by atoms with van der Waals surface area (Å²) in [6.07, 6.45) is 3.80. The average Bonchev–Trinajstić information content (AvgIpc) is 2.86. The van der Waals surface area contributed by atoms with Crippen molar-refractivity contribution in [3.63, 3.8) is 0 Å². The van der Waals surface area contributed by atoms with Gasteiger partial charge in [0.2, 0.25) is 5.91 Å². The number of ether oxygens (including phenoxy) is 2. The molecule has 0 saturated carbocycles. The van der Waals surface area contributed by atoms with Crippen LogP contribution in [-0.4, -0.2) is 58.6 Å². The Kier molecular flexibility index (Phi) is 10.5. The first-order valence-electron chi connectivity index (χ1n) is 12.3.